The van der Waals surface area contributed by atoms with Crippen molar-refractivity contribution in [2.75, 3.05) is 6.54 Å². The molecular weight excluding hydrogens is 170 g/mol. The molecule has 2 heteroatoms. The van der Waals surface area contributed by atoms with Gasteiger partial charge in [-0.25, -0.2) is 0 Å². The fraction of sp³-hybridized carbons (Fsp3) is 0.100. The van der Waals surface area contributed by atoms with Gasteiger partial charge < -0.3 is 0 Å². The lowest BCUT2D eigenvalue weighted by Gasteiger charge is -1.91. The van der Waals surface area contributed by atoms with Crippen LogP contribution >= 0.6 is 11.6 Å². The quantitative estimate of drug-likeness (QED) is 0.486. The van der Waals surface area contributed by atoms with Crippen molar-refractivity contribution in [3.8, 4) is 12.3 Å². The Morgan fingerprint density at radius 3 is 2.67 bits per heavy atom. The molecule has 0 radical (unpaired) electrons. The van der Waals surface area contributed by atoms with Crippen molar-refractivity contribution >= 4 is 17.8 Å². The minimum absolute atomic E-state index is 0.419. The van der Waals surface area contributed by atoms with E-state index in [9.17, 15) is 0 Å². The van der Waals surface area contributed by atoms with E-state index in [0.29, 0.717) is 6.54 Å². The van der Waals surface area contributed by atoms with Crippen molar-refractivity contribution in [2.24, 2.45) is 4.99 Å². The smallest absolute Gasteiger partial charge is 0.0995 e. The van der Waals surface area contributed by atoms with Crippen molar-refractivity contribution in [1.82, 2.24) is 0 Å². The standard InChI is InChI=1S/C10H8ClN/c1-2-7-12-8-9-3-5-10(11)6-4-9/h1,3-6,8H,7H2. The highest BCUT2D eigenvalue weighted by Crippen LogP contribution is 2.07. The van der Waals surface area contributed by atoms with Crippen LogP contribution in [-0.4, -0.2) is 12.8 Å². The molecule has 1 rings (SSSR count). The Balaban J connectivity index is 2.66. The van der Waals surface area contributed by atoms with Gasteiger partial charge in [0.1, 0.15) is 0 Å². The average Bonchev–Trinajstić information content (AvgIpc) is 2.09. The second-order valence-corrected chi connectivity index (χ2v) is 2.66. The van der Waals surface area contributed by atoms with Crippen LogP contribution in [0.4, 0.5) is 0 Å². The van der Waals surface area contributed by atoms with E-state index in [-0.39, 0.29) is 0 Å². The van der Waals surface area contributed by atoms with Gasteiger partial charge in [-0.2, -0.15) is 0 Å². The Hall–Kier alpha value is -1.26. The molecule has 0 spiro atoms. The SMILES string of the molecule is C#CCN=Cc1ccc(Cl)cc1. The van der Waals surface area contributed by atoms with E-state index in [2.05, 4.69) is 10.9 Å². The first-order valence-electron chi connectivity index (χ1n) is 3.52. The van der Waals surface area contributed by atoms with Gasteiger partial charge in [0.15, 0.2) is 0 Å². The van der Waals surface area contributed by atoms with Crippen LogP contribution in [0.3, 0.4) is 0 Å². The van der Waals surface area contributed by atoms with Gasteiger partial charge in [0.25, 0.3) is 0 Å². The third-order valence-electron chi connectivity index (χ3n) is 1.29. The predicted octanol–water partition coefficient (Wildman–Crippen LogP) is 2.39. The molecule has 1 nitrogen and oxygen atoms in total. The Morgan fingerprint density at radius 2 is 2.08 bits per heavy atom. The van der Waals surface area contributed by atoms with Gasteiger partial charge in [-0.3, -0.25) is 4.99 Å². The molecule has 0 saturated carbocycles. The van der Waals surface area contributed by atoms with E-state index in [4.69, 9.17) is 18.0 Å². The van der Waals surface area contributed by atoms with Crippen LogP contribution in [0.15, 0.2) is 29.3 Å². The summed E-state index contributed by atoms with van der Waals surface area (Å²) in [5.41, 5.74) is 1.01. The number of hydrogen-bond acceptors (Lipinski definition) is 1. The molecule has 0 fully saturated rings. The van der Waals surface area contributed by atoms with Crippen molar-refractivity contribution in [2.45, 2.75) is 0 Å². The maximum Gasteiger partial charge on any atom is 0.0995 e. The van der Waals surface area contributed by atoms with Crippen molar-refractivity contribution < 1.29 is 0 Å². The lowest BCUT2D eigenvalue weighted by atomic mass is 10.2. The van der Waals surface area contributed by atoms with Crippen LogP contribution in [0, 0.1) is 12.3 Å². The zero-order chi connectivity index (χ0) is 8.81. The Bertz CT molecular complexity index is 306. The summed E-state index contributed by atoms with van der Waals surface area (Å²) in [4.78, 5) is 3.99. The summed E-state index contributed by atoms with van der Waals surface area (Å²) < 4.78 is 0. The first-order chi connectivity index (χ1) is 5.83. The van der Waals surface area contributed by atoms with Crippen LogP contribution in [0.5, 0.6) is 0 Å². The Kier molecular flexibility index (Phi) is 3.37. The summed E-state index contributed by atoms with van der Waals surface area (Å²) in [6, 6.07) is 7.42. The minimum atomic E-state index is 0.419. The predicted molar refractivity (Wildman–Crippen MR) is 52.7 cm³/mol. The summed E-state index contributed by atoms with van der Waals surface area (Å²) in [6.45, 7) is 0.419. The normalized spacial score (nSPS) is 10.0. The molecular formula is C10H8ClN. The van der Waals surface area contributed by atoms with E-state index >= 15 is 0 Å². The molecule has 0 unspecified atom stereocenters. The molecule has 1 aromatic rings. The molecule has 0 aliphatic heterocycles. The molecule has 0 saturated heterocycles. The first kappa shape index (κ1) is 8.83. The molecule has 0 aliphatic rings. The minimum Gasteiger partial charge on any atom is -0.280 e. The lowest BCUT2D eigenvalue weighted by molar-refractivity contribution is 1.30. The summed E-state index contributed by atoms with van der Waals surface area (Å²) in [7, 11) is 0. The number of halogens is 1. The van der Waals surface area contributed by atoms with Gasteiger partial charge in [-0.15, -0.1) is 6.42 Å². The Labute approximate surface area is 77.1 Å². The van der Waals surface area contributed by atoms with E-state index in [0.717, 1.165) is 10.6 Å². The second-order valence-electron chi connectivity index (χ2n) is 2.23. The summed E-state index contributed by atoms with van der Waals surface area (Å²) in [5.74, 6) is 2.43. The number of nitrogens with zero attached hydrogens (tertiary/aromatic N) is 1. The van der Waals surface area contributed by atoms with E-state index in [1.807, 2.05) is 24.3 Å². The summed E-state index contributed by atoms with van der Waals surface area (Å²) in [5, 5.41) is 0.726. The lowest BCUT2D eigenvalue weighted by Crippen LogP contribution is -1.81. The first-order valence-corrected chi connectivity index (χ1v) is 3.89. The highest BCUT2D eigenvalue weighted by Gasteiger charge is 1.86. The zero-order valence-corrected chi connectivity index (χ0v) is 7.25. The topological polar surface area (TPSA) is 12.4 Å². The molecule has 0 aliphatic carbocycles. The van der Waals surface area contributed by atoms with Gasteiger partial charge in [-0.05, 0) is 17.7 Å². The molecule has 0 bridgehead atoms. The van der Waals surface area contributed by atoms with Gasteiger partial charge in [-0.1, -0.05) is 29.7 Å². The summed E-state index contributed by atoms with van der Waals surface area (Å²) in [6.07, 6.45) is 6.76. The molecule has 0 N–H and O–H groups in total. The van der Waals surface area contributed by atoms with Gasteiger partial charge in [0.05, 0.1) is 6.54 Å². The Morgan fingerprint density at radius 1 is 1.42 bits per heavy atom. The van der Waals surface area contributed by atoms with Crippen LogP contribution in [0.25, 0.3) is 0 Å². The van der Waals surface area contributed by atoms with E-state index in [1.54, 1.807) is 6.21 Å². The number of hydrogen-bond donors (Lipinski definition) is 0. The fourth-order valence-corrected chi connectivity index (χ4v) is 0.879. The van der Waals surface area contributed by atoms with Crippen LogP contribution in [-0.2, 0) is 0 Å². The largest absolute Gasteiger partial charge is 0.280 e. The van der Waals surface area contributed by atoms with Crippen molar-refractivity contribution in [3.63, 3.8) is 0 Å². The van der Waals surface area contributed by atoms with Crippen molar-refractivity contribution in [3.05, 3.63) is 34.9 Å². The van der Waals surface area contributed by atoms with Crippen molar-refractivity contribution in [1.29, 1.82) is 0 Å². The molecule has 1 aromatic carbocycles. The van der Waals surface area contributed by atoms with Gasteiger partial charge >= 0.3 is 0 Å². The number of benzene rings is 1. The van der Waals surface area contributed by atoms with Crippen LogP contribution in [0.1, 0.15) is 5.56 Å². The second kappa shape index (κ2) is 4.58. The fourth-order valence-electron chi connectivity index (χ4n) is 0.753. The molecule has 12 heavy (non-hydrogen) atoms. The van der Waals surface area contributed by atoms with E-state index < -0.39 is 0 Å². The molecule has 0 amide bonds. The maximum atomic E-state index is 5.70. The highest BCUT2D eigenvalue weighted by molar-refractivity contribution is 6.30. The number of terminal acetylenes is 1. The van der Waals surface area contributed by atoms with Gasteiger partial charge in [0.2, 0.25) is 0 Å². The third kappa shape index (κ3) is 2.77. The number of rotatable bonds is 2. The third-order valence-corrected chi connectivity index (χ3v) is 1.54. The van der Waals surface area contributed by atoms with Crippen LogP contribution < -0.4 is 0 Å². The average molecular weight is 178 g/mol. The summed E-state index contributed by atoms with van der Waals surface area (Å²) >= 11 is 5.70. The molecule has 60 valence electrons. The highest BCUT2D eigenvalue weighted by atomic mass is 35.5. The maximum absolute atomic E-state index is 5.70. The van der Waals surface area contributed by atoms with E-state index in [1.165, 1.54) is 0 Å². The van der Waals surface area contributed by atoms with Crippen LogP contribution in [0.2, 0.25) is 5.02 Å². The monoisotopic (exact) mass is 177 g/mol. The molecule has 0 atom stereocenters. The molecule has 0 aromatic heterocycles. The zero-order valence-electron chi connectivity index (χ0n) is 6.50. The van der Waals surface area contributed by atoms with Gasteiger partial charge in [0, 0.05) is 11.2 Å². The number of aliphatic imine (C=N–C) groups is 1. The molecule has 0 heterocycles.